The topological polar surface area (TPSA) is 89.0 Å². The van der Waals surface area contributed by atoms with Gasteiger partial charge in [0.2, 0.25) is 6.79 Å². The predicted octanol–water partition coefficient (Wildman–Crippen LogP) is 5.13. The number of anilines is 1. The van der Waals surface area contributed by atoms with Crippen LogP contribution >= 0.6 is 23.2 Å². The first-order valence-corrected chi connectivity index (χ1v) is 10.3. The highest BCUT2D eigenvalue weighted by atomic mass is 35.5. The Labute approximate surface area is 193 Å². The van der Waals surface area contributed by atoms with Crippen molar-refractivity contribution in [3.05, 3.63) is 87.4 Å². The van der Waals surface area contributed by atoms with Gasteiger partial charge in [-0.3, -0.25) is 9.59 Å². The van der Waals surface area contributed by atoms with Crippen molar-refractivity contribution in [1.82, 2.24) is 5.43 Å². The number of hydrazone groups is 1. The summed E-state index contributed by atoms with van der Waals surface area (Å²) in [7, 11) is 0. The first-order valence-electron chi connectivity index (χ1n) is 9.52. The van der Waals surface area contributed by atoms with Crippen molar-refractivity contribution < 1.29 is 19.1 Å². The highest BCUT2D eigenvalue weighted by molar-refractivity contribution is 6.37. The second kappa shape index (κ2) is 9.30. The number of hydrogen-bond acceptors (Lipinski definition) is 5. The van der Waals surface area contributed by atoms with E-state index in [1.807, 2.05) is 6.07 Å². The van der Waals surface area contributed by atoms with Gasteiger partial charge in [-0.25, -0.2) is 5.43 Å². The maximum atomic E-state index is 12.5. The van der Waals surface area contributed by atoms with E-state index in [-0.39, 0.29) is 23.6 Å². The maximum Gasteiger partial charge on any atom is 0.271 e. The minimum atomic E-state index is -0.385. The van der Waals surface area contributed by atoms with E-state index in [0.717, 1.165) is 5.56 Å². The summed E-state index contributed by atoms with van der Waals surface area (Å²) in [6.07, 6.45) is 0. The fourth-order valence-corrected chi connectivity index (χ4v) is 3.49. The Bertz CT molecular complexity index is 1240. The largest absolute Gasteiger partial charge is 0.454 e. The van der Waals surface area contributed by atoms with E-state index < -0.39 is 0 Å². The number of rotatable bonds is 5. The molecular weight excluding hydrogens is 453 g/mol. The molecule has 0 bridgehead atoms. The zero-order chi connectivity index (χ0) is 22.7. The minimum Gasteiger partial charge on any atom is -0.454 e. The Morgan fingerprint density at radius 3 is 2.53 bits per heavy atom. The number of carbonyl (C=O) groups excluding carboxylic acids is 2. The van der Waals surface area contributed by atoms with Gasteiger partial charge in [0, 0.05) is 16.3 Å². The van der Waals surface area contributed by atoms with Crippen molar-refractivity contribution in [1.29, 1.82) is 0 Å². The Hall–Kier alpha value is -3.55. The Kier molecular flexibility index (Phi) is 6.30. The van der Waals surface area contributed by atoms with Crippen molar-refractivity contribution in [2.75, 3.05) is 12.1 Å². The molecule has 0 unspecified atom stereocenters. The van der Waals surface area contributed by atoms with Gasteiger partial charge in [0.25, 0.3) is 11.8 Å². The lowest BCUT2D eigenvalue weighted by atomic mass is 10.1. The van der Waals surface area contributed by atoms with Gasteiger partial charge in [-0.05, 0) is 61.0 Å². The smallest absolute Gasteiger partial charge is 0.271 e. The van der Waals surface area contributed by atoms with Crippen LogP contribution in [0.1, 0.15) is 33.2 Å². The van der Waals surface area contributed by atoms with Crippen molar-refractivity contribution in [3.63, 3.8) is 0 Å². The van der Waals surface area contributed by atoms with Crippen LogP contribution in [0.15, 0.2) is 65.8 Å². The Balaban J connectivity index is 1.44. The van der Waals surface area contributed by atoms with Crippen molar-refractivity contribution in [2.45, 2.75) is 6.92 Å². The third-order valence-corrected chi connectivity index (χ3v) is 5.22. The third-order valence-electron chi connectivity index (χ3n) is 4.67. The summed E-state index contributed by atoms with van der Waals surface area (Å²) >= 11 is 12.0. The van der Waals surface area contributed by atoms with Crippen molar-refractivity contribution in [3.8, 4) is 11.5 Å². The van der Waals surface area contributed by atoms with Crippen LogP contribution in [0, 0.1) is 0 Å². The van der Waals surface area contributed by atoms with Gasteiger partial charge < -0.3 is 14.8 Å². The highest BCUT2D eigenvalue weighted by Gasteiger charge is 2.16. The number of ether oxygens (including phenoxy) is 2. The van der Waals surface area contributed by atoms with E-state index >= 15 is 0 Å². The molecule has 0 radical (unpaired) electrons. The summed E-state index contributed by atoms with van der Waals surface area (Å²) in [6.45, 7) is 1.88. The fourth-order valence-electron chi connectivity index (χ4n) is 3.00. The molecule has 9 heteroatoms. The van der Waals surface area contributed by atoms with E-state index in [1.165, 1.54) is 6.07 Å². The summed E-state index contributed by atoms with van der Waals surface area (Å²) in [5, 5.41) is 7.66. The molecule has 1 heterocycles. The van der Waals surface area contributed by atoms with E-state index in [2.05, 4.69) is 15.8 Å². The summed E-state index contributed by atoms with van der Waals surface area (Å²) < 4.78 is 10.5. The number of nitrogens with one attached hydrogen (secondary N) is 2. The normalized spacial score (nSPS) is 12.4. The molecule has 2 amide bonds. The molecule has 162 valence electrons. The van der Waals surface area contributed by atoms with Crippen LogP contribution in [0.5, 0.6) is 11.5 Å². The van der Waals surface area contributed by atoms with Gasteiger partial charge in [0.15, 0.2) is 11.5 Å². The predicted molar refractivity (Wildman–Crippen MR) is 123 cm³/mol. The standard InChI is InChI=1S/C23H17Cl2N3O4/c1-13(27-28-22(29)15-5-8-20-21(10-15)32-12-31-20)14-3-2-4-17(9-14)26-23(30)18-7-6-16(24)11-19(18)25/h2-11H,12H2,1H3,(H,26,30)(H,28,29)/b27-13+. The number of hydrogen-bond donors (Lipinski definition) is 2. The molecule has 4 rings (SSSR count). The van der Waals surface area contributed by atoms with E-state index in [9.17, 15) is 9.59 Å². The van der Waals surface area contributed by atoms with Crippen LogP contribution in [-0.4, -0.2) is 24.3 Å². The molecule has 3 aromatic rings. The molecule has 0 saturated heterocycles. The Morgan fingerprint density at radius 1 is 0.906 bits per heavy atom. The van der Waals surface area contributed by atoms with Gasteiger partial charge >= 0.3 is 0 Å². The molecule has 0 aromatic heterocycles. The van der Waals surface area contributed by atoms with Crippen LogP contribution in [0.4, 0.5) is 5.69 Å². The average molecular weight is 470 g/mol. The van der Waals surface area contributed by atoms with E-state index in [0.29, 0.717) is 39.0 Å². The first kappa shape index (κ1) is 21.7. The van der Waals surface area contributed by atoms with Gasteiger partial charge in [-0.15, -0.1) is 0 Å². The molecule has 7 nitrogen and oxygen atoms in total. The number of nitrogens with zero attached hydrogens (tertiary/aromatic N) is 1. The van der Waals surface area contributed by atoms with Gasteiger partial charge in [0.1, 0.15) is 0 Å². The van der Waals surface area contributed by atoms with Crippen LogP contribution in [0.25, 0.3) is 0 Å². The van der Waals surface area contributed by atoms with Crippen LogP contribution < -0.4 is 20.2 Å². The summed E-state index contributed by atoms with van der Waals surface area (Å²) in [5.41, 5.74) is 5.05. The lowest BCUT2D eigenvalue weighted by Crippen LogP contribution is -2.19. The molecule has 1 aliphatic rings. The van der Waals surface area contributed by atoms with Crippen LogP contribution in [-0.2, 0) is 0 Å². The number of halogens is 2. The number of fused-ring (bicyclic) bond motifs is 1. The maximum absolute atomic E-state index is 12.5. The van der Waals surface area contributed by atoms with Crippen molar-refractivity contribution >= 4 is 46.4 Å². The van der Waals surface area contributed by atoms with Gasteiger partial charge in [-0.2, -0.15) is 5.10 Å². The minimum absolute atomic E-state index is 0.134. The van der Waals surface area contributed by atoms with E-state index in [1.54, 1.807) is 55.5 Å². The summed E-state index contributed by atoms with van der Waals surface area (Å²) in [5.74, 6) is 0.363. The summed E-state index contributed by atoms with van der Waals surface area (Å²) in [4.78, 5) is 24.9. The monoisotopic (exact) mass is 469 g/mol. The first-order chi connectivity index (χ1) is 15.4. The zero-order valence-corrected chi connectivity index (χ0v) is 18.3. The zero-order valence-electron chi connectivity index (χ0n) is 16.8. The van der Waals surface area contributed by atoms with Gasteiger partial charge in [-0.1, -0.05) is 35.3 Å². The lowest BCUT2D eigenvalue weighted by molar-refractivity contribution is 0.0953. The van der Waals surface area contributed by atoms with Gasteiger partial charge in [0.05, 0.1) is 16.3 Å². The molecule has 2 N–H and O–H groups in total. The molecule has 3 aromatic carbocycles. The molecule has 0 spiro atoms. The molecule has 0 atom stereocenters. The molecular formula is C23H17Cl2N3O4. The molecule has 0 saturated carbocycles. The number of benzene rings is 3. The number of amides is 2. The lowest BCUT2D eigenvalue weighted by Gasteiger charge is -2.09. The second-order valence-electron chi connectivity index (χ2n) is 6.87. The third kappa shape index (κ3) is 4.85. The molecule has 1 aliphatic heterocycles. The highest BCUT2D eigenvalue weighted by Crippen LogP contribution is 2.32. The molecule has 0 fully saturated rings. The van der Waals surface area contributed by atoms with E-state index in [4.69, 9.17) is 32.7 Å². The van der Waals surface area contributed by atoms with Crippen LogP contribution in [0.3, 0.4) is 0 Å². The molecule has 32 heavy (non-hydrogen) atoms. The number of carbonyl (C=O) groups is 2. The molecule has 0 aliphatic carbocycles. The second-order valence-corrected chi connectivity index (χ2v) is 7.71. The SMILES string of the molecule is C/C(=N\NC(=O)c1ccc2c(c1)OCO2)c1cccc(NC(=O)c2ccc(Cl)cc2Cl)c1. The Morgan fingerprint density at radius 2 is 1.72 bits per heavy atom. The van der Waals surface area contributed by atoms with Crippen LogP contribution in [0.2, 0.25) is 10.0 Å². The van der Waals surface area contributed by atoms with Crippen molar-refractivity contribution in [2.24, 2.45) is 5.10 Å². The quantitative estimate of drug-likeness (QED) is 0.400. The summed E-state index contributed by atoms with van der Waals surface area (Å²) in [6, 6.07) is 16.6. The average Bonchev–Trinajstić information content (AvgIpc) is 3.25. The fraction of sp³-hybridized carbons (Fsp3) is 0.0870.